The fraction of sp³-hybridized carbons (Fsp3) is 0.464. The molecule has 3 aliphatic rings. The molecule has 0 aromatic heterocycles. The summed E-state index contributed by atoms with van der Waals surface area (Å²) >= 11 is 0. The Hall–Kier alpha value is -3.35. The minimum absolute atomic E-state index is 0.0477. The number of carbonyl (C=O) groups excluding carboxylic acids is 2. The molecule has 0 radical (unpaired) electrons. The molecule has 0 aliphatic heterocycles. The molecule has 7 heteroatoms. The third kappa shape index (κ3) is 4.40. The Bertz CT molecular complexity index is 1100. The standard InChI is InChI=1S/C28H32N2O5/c1-2-3-12-24(25(31)29-18-13-17-14-28(17,15-18)26(32)33)30-27(34)35-16-23-21-10-6-4-8-19(21)20-9-5-7-11-22(20)23/h4-11,17-18,23-24H,2-3,12-16H2,1H3,(H,29,31)(H,30,34)(H,32,33)/t17?,18?,24-,28?/m0/s1. The molecule has 184 valence electrons. The first-order valence-electron chi connectivity index (χ1n) is 12.6. The number of benzene rings is 2. The lowest BCUT2D eigenvalue weighted by Gasteiger charge is -2.22. The molecule has 0 bridgehead atoms. The van der Waals surface area contributed by atoms with Crippen molar-refractivity contribution in [2.24, 2.45) is 11.3 Å². The van der Waals surface area contributed by atoms with E-state index >= 15 is 0 Å². The van der Waals surface area contributed by atoms with Gasteiger partial charge in [0.15, 0.2) is 0 Å². The number of rotatable bonds is 9. The molecule has 4 atom stereocenters. The number of aliphatic carboxylic acids is 1. The van der Waals surface area contributed by atoms with Crippen LogP contribution in [0.25, 0.3) is 11.1 Å². The van der Waals surface area contributed by atoms with Crippen LogP contribution in [-0.2, 0) is 14.3 Å². The number of carbonyl (C=O) groups is 3. The van der Waals surface area contributed by atoms with Crippen molar-refractivity contribution in [3.8, 4) is 11.1 Å². The number of carboxylic acids is 1. The van der Waals surface area contributed by atoms with Gasteiger partial charge in [-0.15, -0.1) is 0 Å². The van der Waals surface area contributed by atoms with Crippen LogP contribution in [0.2, 0.25) is 0 Å². The normalized spacial score (nSPS) is 24.6. The molecule has 0 spiro atoms. The topological polar surface area (TPSA) is 105 Å². The molecule has 7 nitrogen and oxygen atoms in total. The fourth-order valence-corrected chi connectivity index (χ4v) is 6.03. The highest BCUT2D eigenvalue weighted by Crippen LogP contribution is 2.63. The van der Waals surface area contributed by atoms with Crippen LogP contribution in [0.5, 0.6) is 0 Å². The van der Waals surface area contributed by atoms with Crippen molar-refractivity contribution in [3.05, 3.63) is 59.7 Å². The molecular formula is C28H32N2O5. The van der Waals surface area contributed by atoms with E-state index in [1.54, 1.807) is 0 Å². The smallest absolute Gasteiger partial charge is 0.407 e. The van der Waals surface area contributed by atoms with Gasteiger partial charge in [0.1, 0.15) is 12.6 Å². The Morgan fingerprint density at radius 3 is 2.31 bits per heavy atom. The Balaban J connectivity index is 1.19. The molecule has 2 aromatic carbocycles. The van der Waals surface area contributed by atoms with Gasteiger partial charge in [0.2, 0.25) is 5.91 Å². The minimum atomic E-state index is -0.765. The second-order valence-electron chi connectivity index (χ2n) is 10.2. The second-order valence-corrected chi connectivity index (χ2v) is 10.2. The lowest BCUT2D eigenvalue weighted by atomic mass is 9.98. The summed E-state index contributed by atoms with van der Waals surface area (Å²) < 4.78 is 5.63. The second kappa shape index (κ2) is 9.36. The molecule has 2 fully saturated rings. The number of nitrogens with one attached hydrogen (secondary N) is 2. The van der Waals surface area contributed by atoms with E-state index in [9.17, 15) is 19.5 Å². The summed E-state index contributed by atoms with van der Waals surface area (Å²) in [5.74, 6) is -0.930. The zero-order chi connectivity index (χ0) is 24.6. The van der Waals surface area contributed by atoms with E-state index in [-0.39, 0.29) is 30.4 Å². The molecular weight excluding hydrogens is 444 g/mol. The number of unbranched alkanes of at least 4 members (excludes halogenated alkanes) is 1. The molecule has 0 saturated heterocycles. The van der Waals surface area contributed by atoms with Gasteiger partial charge >= 0.3 is 12.1 Å². The van der Waals surface area contributed by atoms with Gasteiger partial charge in [0, 0.05) is 12.0 Å². The number of ether oxygens (including phenoxy) is 1. The summed E-state index contributed by atoms with van der Waals surface area (Å²) in [6, 6.07) is 15.4. The van der Waals surface area contributed by atoms with E-state index in [1.807, 2.05) is 31.2 Å². The Kier molecular flexibility index (Phi) is 6.26. The summed E-state index contributed by atoms with van der Waals surface area (Å²) in [5.41, 5.74) is 3.93. The highest BCUT2D eigenvalue weighted by Gasteiger charge is 2.65. The molecule has 2 aromatic rings. The SMILES string of the molecule is CCCC[C@H](NC(=O)OCC1c2ccccc2-c2ccccc21)C(=O)NC1CC2CC2(C(=O)O)C1. The van der Waals surface area contributed by atoms with E-state index in [1.165, 1.54) is 0 Å². The third-order valence-electron chi connectivity index (χ3n) is 7.98. The Morgan fingerprint density at radius 2 is 1.71 bits per heavy atom. The van der Waals surface area contributed by atoms with Crippen LogP contribution >= 0.6 is 0 Å². The van der Waals surface area contributed by atoms with Gasteiger partial charge in [-0.3, -0.25) is 9.59 Å². The lowest BCUT2D eigenvalue weighted by Crippen LogP contribution is -2.49. The van der Waals surface area contributed by atoms with Gasteiger partial charge in [-0.1, -0.05) is 68.3 Å². The third-order valence-corrected chi connectivity index (χ3v) is 7.98. The van der Waals surface area contributed by atoms with E-state index in [2.05, 4.69) is 34.9 Å². The molecule has 5 rings (SSSR count). The number of alkyl carbamates (subject to hydrolysis) is 1. The van der Waals surface area contributed by atoms with Crippen LogP contribution in [0.15, 0.2) is 48.5 Å². The zero-order valence-electron chi connectivity index (χ0n) is 20.0. The maximum absolute atomic E-state index is 13.0. The van der Waals surface area contributed by atoms with Crippen LogP contribution in [0.1, 0.15) is 62.5 Å². The van der Waals surface area contributed by atoms with Gasteiger partial charge < -0.3 is 20.5 Å². The van der Waals surface area contributed by atoms with Gasteiger partial charge in [0.25, 0.3) is 0 Å². The van der Waals surface area contributed by atoms with Crippen molar-refractivity contribution in [2.45, 2.75) is 63.5 Å². The summed E-state index contributed by atoms with van der Waals surface area (Å²) in [5, 5.41) is 15.2. The van der Waals surface area contributed by atoms with E-state index in [0.29, 0.717) is 25.7 Å². The monoisotopic (exact) mass is 476 g/mol. The molecule has 3 unspecified atom stereocenters. The minimum Gasteiger partial charge on any atom is -0.481 e. The molecule has 35 heavy (non-hydrogen) atoms. The predicted octanol–water partition coefficient (Wildman–Crippen LogP) is 4.45. The van der Waals surface area contributed by atoms with Crippen molar-refractivity contribution in [3.63, 3.8) is 0 Å². The average molecular weight is 477 g/mol. The van der Waals surface area contributed by atoms with Gasteiger partial charge in [0.05, 0.1) is 5.41 Å². The van der Waals surface area contributed by atoms with Gasteiger partial charge in [-0.05, 0) is 53.9 Å². The first kappa shape index (κ1) is 23.4. The van der Waals surface area contributed by atoms with Crippen LogP contribution in [0.4, 0.5) is 4.79 Å². The summed E-state index contributed by atoms with van der Waals surface area (Å²) in [4.78, 5) is 37.3. The molecule has 0 heterocycles. The first-order valence-corrected chi connectivity index (χ1v) is 12.6. The molecule has 3 N–H and O–H groups in total. The molecule has 2 amide bonds. The summed E-state index contributed by atoms with van der Waals surface area (Å²) in [7, 11) is 0. The summed E-state index contributed by atoms with van der Waals surface area (Å²) in [6.45, 7) is 2.22. The maximum Gasteiger partial charge on any atom is 0.407 e. The van der Waals surface area contributed by atoms with Crippen molar-refractivity contribution >= 4 is 18.0 Å². The van der Waals surface area contributed by atoms with Crippen molar-refractivity contribution in [1.29, 1.82) is 0 Å². The van der Waals surface area contributed by atoms with Gasteiger partial charge in [-0.25, -0.2) is 4.79 Å². The molecule has 3 aliphatic carbocycles. The largest absolute Gasteiger partial charge is 0.481 e. The number of hydrogen-bond donors (Lipinski definition) is 3. The number of fused-ring (bicyclic) bond motifs is 4. The van der Waals surface area contributed by atoms with Crippen LogP contribution in [-0.4, -0.2) is 41.8 Å². The quantitative estimate of drug-likeness (QED) is 0.496. The first-order chi connectivity index (χ1) is 16.9. The summed E-state index contributed by atoms with van der Waals surface area (Å²) in [6.07, 6.45) is 3.42. The van der Waals surface area contributed by atoms with Crippen molar-refractivity contribution < 1.29 is 24.2 Å². The van der Waals surface area contributed by atoms with Crippen LogP contribution < -0.4 is 10.6 Å². The predicted molar refractivity (Wildman–Crippen MR) is 131 cm³/mol. The van der Waals surface area contributed by atoms with Crippen molar-refractivity contribution in [2.75, 3.05) is 6.61 Å². The Morgan fingerprint density at radius 1 is 1.06 bits per heavy atom. The van der Waals surface area contributed by atoms with E-state index < -0.39 is 23.5 Å². The Labute approximate surface area is 205 Å². The van der Waals surface area contributed by atoms with E-state index in [4.69, 9.17) is 4.74 Å². The highest BCUT2D eigenvalue weighted by atomic mass is 16.5. The maximum atomic E-state index is 13.0. The number of carboxylic acid groups (broad SMARTS) is 1. The lowest BCUT2D eigenvalue weighted by molar-refractivity contribution is -0.143. The fourth-order valence-electron chi connectivity index (χ4n) is 6.03. The molecule has 2 saturated carbocycles. The van der Waals surface area contributed by atoms with Crippen LogP contribution in [0, 0.1) is 11.3 Å². The number of amides is 2. The van der Waals surface area contributed by atoms with Crippen molar-refractivity contribution in [1.82, 2.24) is 10.6 Å². The zero-order valence-corrected chi connectivity index (χ0v) is 20.0. The van der Waals surface area contributed by atoms with Crippen LogP contribution in [0.3, 0.4) is 0 Å². The number of hydrogen-bond acceptors (Lipinski definition) is 4. The highest BCUT2D eigenvalue weighted by molar-refractivity contribution is 5.86. The average Bonchev–Trinajstić information content (AvgIpc) is 3.28. The van der Waals surface area contributed by atoms with Gasteiger partial charge in [-0.2, -0.15) is 0 Å². The van der Waals surface area contributed by atoms with E-state index in [0.717, 1.165) is 35.1 Å².